The quantitative estimate of drug-likeness (QED) is 0.145. The monoisotopic (exact) mass is 469 g/mol. The van der Waals surface area contributed by atoms with E-state index in [1.54, 1.807) is 0 Å². The van der Waals surface area contributed by atoms with Gasteiger partial charge in [-0.25, -0.2) is 9.59 Å². The summed E-state index contributed by atoms with van der Waals surface area (Å²) >= 11 is 0. The Balaban J connectivity index is 6.03. The van der Waals surface area contributed by atoms with Gasteiger partial charge >= 0.3 is 11.9 Å². The van der Waals surface area contributed by atoms with E-state index in [1.807, 2.05) is 20.8 Å². The molecule has 192 valence electrons. The third-order valence-electron chi connectivity index (χ3n) is 6.56. The van der Waals surface area contributed by atoms with Gasteiger partial charge in [-0.05, 0) is 44.9 Å². The number of carboxylic acids is 3. The molecule has 0 bridgehead atoms. The van der Waals surface area contributed by atoms with Crippen molar-refractivity contribution < 1.29 is 34.2 Å². The maximum Gasteiger partial charge on any atom is 0.362 e. The minimum absolute atomic E-state index is 0.200. The van der Waals surface area contributed by atoms with Crippen LogP contribution in [-0.4, -0.2) is 57.3 Å². The summed E-state index contributed by atoms with van der Waals surface area (Å²) in [5, 5.41) is 32.6. The lowest BCUT2D eigenvalue weighted by atomic mass is 9.91. The molecular formula is C26H47NO6. The van der Waals surface area contributed by atoms with Crippen molar-refractivity contribution in [3.05, 3.63) is 12.2 Å². The molecule has 2 N–H and O–H groups in total. The maximum absolute atomic E-state index is 12.4. The molecule has 0 spiro atoms. The highest BCUT2D eigenvalue weighted by Crippen LogP contribution is 2.34. The second-order valence-electron chi connectivity index (χ2n) is 9.09. The molecule has 0 saturated heterocycles. The van der Waals surface area contributed by atoms with Gasteiger partial charge in [-0.1, -0.05) is 59.1 Å². The fourth-order valence-corrected chi connectivity index (χ4v) is 5.04. The predicted molar refractivity (Wildman–Crippen MR) is 129 cm³/mol. The van der Waals surface area contributed by atoms with Gasteiger partial charge in [0.05, 0.1) is 12.5 Å². The van der Waals surface area contributed by atoms with Crippen LogP contribution < -0.4 is 5.11 Å². The van der Waals surface area contributed by atoms with Crippen LogP contribution in [0.15, 0.2) is 12.2 Å². The molecule has 0 saturated carbocycles. The van der Waals surface area contributed by atoms with Crippen LogP contribution in [0.4, 0.5) is 0 Å². The van der Waals surface area contributed by atoms with Crippen molar-refractivity contribution in [1.29, 1.82) is 0 Å². The van der Waals surface area contributed by atoms with Crippen molar-refractivity contribution in [3.8, 4) is 0 Å². The van der Waals surface area contributed by atoms with E-state index >= 15 is 0 Å². The standard InChI is InChI=1S/C26H47NO6/c1-5-9-10-11-12-13-14-15-16-20-27(21(17-6-2)24(28)29,22(18-7-3)25(30)31)23(19-8-4)26(32)33/h10-11,21-23H,5-9,12-20H2,1-4H3,(H2-,28,29,30,31,32,33)/b11-10+. The van der Waals surface area contributed by atoms with Crippen LogP contribution in [0.1, 0.15) is 111 Å². The van der Waals surface area contributed by atoms with Crippen LogP contribution in [0.25, 0.3) is 0 Å². The molecule has 0 aromatic rings. The number of nitrogens with zero attached hydrogens (tertiary/aromatic N) is 1. The van der Waals surface area contributed by atoms with Crippen LogP contribution in [0.3, 0.4) is 0 Å². The highest BCUT2D eigenvalue weighted by atomic mass is 16.4. The Labute approximate surface area is 200 Å². The second-order valence-corrected chi connectivity index (χ2v) is 9.09. The topological polar surface area (TPSA) is 115 Å². The first kappa shape index (κ1) is 31.1. The number of hydrogen-bond acceptors (Lipinski definition) is 4. The SMILES string of the molecule is CCC/C=C/CCCCCC[N+](C(CCC)C(=O)[O-])(C(CCC)C(=O)O)C(CCC)C(=O)O. The summed E-state index contributed by atoms with van der Waals surface area (Å²) in [6.45, 7) is 7.89. The molecule has 7 nitrogen and oxygen atoms in total. The molecule has 0 aliphatic rings. The van der Waals surface area contributed by atoms with Crippen molar-refractivity contribution >= 4 is 17.9 Å². The molecule has 0 rings (SSSR count). The zero-order valence-corrected chi connectivity index (χ0v) is 21.3. The smallest absolute Gasteiger partial charge is 0.362 e. The van der Waals surface area contributed by atoms with Crippen molar-refractivity contribution in [3.63, 3.8) is 0 Å². The summed E-state index contributed by atoms with van der Waals surface area (Å²) in [5.41, 5.74) is 0. The second kappa shape index (κ2) is 17.6. The Hall–Kier alpha value is -1.89. The van der Waals surface area contributed by atoms with Gasteiger partial charge in [0, 0.05) is 19.3 Å². The van der Waals surface area contributed by atoms with E-state index in [4.69, 9.17) is 0 Å². The number of allylic oxidation sites excluding steroid dienone is 2. The van der Waals surface area contributed by atoms with E-state index in [0.717, 1.165) is 38.5 Å². The number of rotatable bonds is 21. The molecule has 0 amide bonds. The Morgan fingerprint density at radius 2 is 1.15 bits per heavy atom. The number of aliphatic carboxylic acids is 3. The minimum atomic E-state index is -1.34. The number of unbranched alkanes of at least 4 members (excludes halogenated alkanes) is 5. The molecule has 0 heterocycles. The Bertz CT molecular complexity index is 544. The summed E-state index contributed by atoms with van der Waals surface area (Å²) < 4.78 is -0.446. The number of carboxylic acid groups (broad SMARTS) is 3. The number of carbonyl (C=O) groups excluding carboxylic acids is 1. The Kier molecular flexibility index (Phi) is 16.6. The Morgan fingerprint density at radius 3 is 1.58 bits per heavy atom. The predicted octanol–water partition coefficient (Wildman–Crippen LogP) is 4.54. The average molecular weight is 470 g/mol. The summed E-state index contributed by atoms with van der Waals surface area (Å²) in [5.74, 6) is -3.59. The van der Waals surface area contributed by atoms with Gasteiger partial charge in [-0.15, -0.1) is 0 Å². The van der Waals surface area contributed by atoms with Crippen LogP contribution in [0.5, 0.6) is 0 Å². The fraction of sp³-hybridized carbons (Fsp3) is 0.808. The fourth-order valence-electron chi connectivity index (χ4n) is 5.04. The van der Waals surface area contributed by atoms with Gasteiger partial charge < -0.3 is 20.1 Å². The van der Waals surface area contributed by atoms with Gasteiger partial charge in [0.2, 0.25) is 0 Å². The molecule has 0 aromatic heterocycles. The first-order valence-corrected chi connectivity index (χ1v) is 12.9. The van der Waals surface area contributed by atoms with E-state index in [-0.39, 0.29) is 25.8 Å². The zero-order chi connectivity index (χ0) is 25.3. The van der Waals surface area contributed by atoms with E-state index in [1.165, 1.54) is 0 Å². The molecule has 0 aromatic carbocycles. The molecule has 3 atom stereocenters. The van der Waals surface area contributed by atoms with Crippen LogP contribution in [0.2, 0.25) is 0 Å². The lowest BCUT2D eigenvalue weighted by Gasteiger charge is -2.52. The van der Waals surface area contributed by atoms with E-state index in [0.29, 0.717) is 25.7 Å². The normalized spacial score (nSPS) is 16.2. The van der Waals surface area contributed by atoms with Crippen molar-refractivity contribution in [2.24, 2.45) is 0 Å². The Morgan fingerprint density at radius 1 is 0.697 bits per heavy atom. The van der Waals surface area contributed by atoms with Crippen LogP contribution in [0, 0.1) is 0 Å². The molecule has 0 radical (unpaired) electrons. The molecule has 3 unspecified atom stereocenters. The number of hydrogen-bond donors (Lipinski definition) is 2. The molecule has 33 heavy (non-hydrogen) atoms. The summed E-state index contributed by atoms with van der Waals surface area (Å²) in [4.78, 5) is 37.2. The zero-order valence-electron chi connectivity index (χ0n) is 21.3. The van der Waals surface area contributed by atoms with Gasteiger partial charge in [0.1, 0.15) is 6.04 Å². The molecule has 0 aliphatic carbocycles. The van der Waals surface area contributed by atoms with E-state index < -0.39 is 40.5 Å². The minimum Gasteiger partial charge on any atom is -0.544 e. The maximum atomic E-state index is 12.4. The summed E-state index contributed by atoms with van der Waals surface area (Å²) in [7, 11) is 0. The third-order valence-corrected chi connectivity index (χ3v) is 6.56. The summed E-state index contributed by atoms with van der Waals surface area (Å²) in [6.07, 6.45) is 13.1. The summed E-state index contributed by atoms with van der Waals surface area (Å²) in [6, 6.07) is -3.34. The molecule has 0 aliphatic heterocycles. The molecule has 7 heteroatoms. The number of quaternary nitrogens is 1. The highest BCUT2D eigenvalue weighted by molar-refractivity contribution is 5.77. The van der Waals surface area contributed by atoms with Gasteiger partial charge in [0.15, 0.2) is 12.1 Å². The lowest BCUT2D eigenvalue weighted by molar-refractivity contribution is -0.975. The van der Waals surface area contributed by atoms with Crippen molar-refractivity contribution in [2.45, 2.75) is 129 Å². The molecule has 0 fully saturated rings. The number of carbonyl (C=O) groups is 3. The van der Waals surface area contributed by atoms with Gasteiger partial charge in [0.25, 0.3) is 0 Å². The van der Waals surface area contributed by atoms with Crippen molar-refractivity contribution in [2.75, 3.05) is 6.54 Å². The van der Waals surface area contributed by atoms with Gasteiger partial charge in [-0.3, -0.25) is 4.48 Å². The van der Waals surface area contributed by atoms with Gasteiger partial charge in [-0.2, -0.15) is 0 Å². The van der Waals surface area contributed by atoms with Crippen molar-refractivity contribution in [1.82, 2.24) is 0 Å². The first-order valence-electron chi connectivity index (χ1n) is 12.9. The highest BCUT2D eigenvalue weighted by Gasteiger charge is 2.54. The van der Waals surface area contributed by atoms with E-state index in [2.05, 4.69) is 19.1 Å². The largest absolute Gasteiger partial charge is 0.544 e. The third kappa shape index (κ3) is 9.86. The average Bonchev–Trinajstić information content (AvgIpc) is 2.76. The van der Waals surface area contributed by atoms with Crippen LogP contribution in [-0.2, 0) is 14.4 Å². The lowest BCUT2D eigenvalue weighted by Crippen LogP contribution is -2.74. The van der Waals surface area contributed by atoms with Crippen LogP contribution >= 0.6 is 0 Å². The first-order chi connectivity index (χ1) is 15.7. The van der Waals surface area contributed by atoms with E-state index in [9.17, 15) is 29.7 Å². The molecular weight excluding hydrogens is 422 g/mol.